The van der Waals surface area contributed by atoms with E-state index in [-0.39, 0.29) is 17.7 Å². The molecule has 1 aromatic carbocycles. The Bertz CT molecular complexity index is 566. The van der Waals surface area contributed by atoms with Gasteiger partial charge in [-0.05, 0) is 12.1 Å². The third-order valence-electron chi connectivity index (χ3n) is 1.92. The largest absolute Gasteiger partial charge is 0.750 e. The average Bonchev–Trinajstić information content (AvgIpc) is 2.29. The molecule has 0 saturated heterocycles. The van der Waals surface area contributed by atoms with E-state index >= 15 is 0 Å². The van der Waals surface area contributed by atoms with Crippen LogP contribution in [0, 0.1) is 0 Å². The molecule has 0 amide bonds. The molecule has 1 unspecified atom stereocenters. The molecule has 0 radical (unpaired) electrons. The minimum absolute atomic E-state index is 0.156. The Labute approximate surface area is 104 Å². The highest BCUT2D eigenvalue weighted by molar-refractivity contribution is 7.74. The summed E-state index contributed by atoms with van der Waals surface area (Å²) in [6.07, 6.45) is 0. The summed E-state index contributed by atoms with van der Waals surface area (Å²) in [7, 11) is 0. The summed E-state index contributed by atoms with van der Waals surface area (Å²) in [5.41, 5.74) is 1.32. The second kappa shape index (κ2) is 5.37. The molecule has 90 valence electrons. The fraction of sp³-hybridized carbons (Fsp3) is 0.111. The third-order valence-corrected chi connectivity index (χ3v) is 2.50. The second-order valence-electron chi connectivity index (χ2n) is 2.99. The maximum atomic E-state index is 10.2. The third kappa shape index (κ3) is 3.10. The first-order valence-electron chi connectivity index (χ1n) is 4.55. The van der Waals surface area contributed by atoms with E-state index in [9.17, 15) is 8.76 Å². The summed E-state index contributed by atoms with van der Waals surface area (Å²) in [5, 5.41) is 2.77. The van der Waals surface area contributed by atoms with E-state index < -0.39 is 11.4 Å². The summed E-state index contributed by atoms with van der Waals surface area (Å²) in [6.45, 7) is -0.247. The zero-order valence-corrected chi connectivity index (χ0v) is 9.99. The Morgan fingerprint density at radius 1 is 1.35 bits per heavy atom. The van der Waals surface area contributed by atoms with Crippen molar-refractivity contribution in [2.24, 2.45) is 0 Å². The summed E-state index contributed by atoms with van der Waals surface area (Å²) in [5.74, 6) is 0.274. The van der Waals surface area contributed by atoms with Gasteiger partial charge in [-0.1, -0.05) is 23.7 Å². The number of hydrogen-bond acceptors (Lipinski definition) is 6. The van der Waals surface area contributed by atoms with Gasteiger partial charge in [0.25, 0.3) is 0 Å². The molecule has 0 aliphatic carbocycles. The van der Waals surface area contributed by atoms with E-state index in [2.05, 4.69) is 19.5 Å². The van der Waals surface area contributed by atoms with Crippen molar-refractivity contribution in [1.82, 2.24) is 9.97 Å². The lowest BCUT2D eigenvalue weighted by Crippen LogP contribution is -2.09. The summed E-state index contributed by atoms with van der Waals surface area (Å²) in [6, 6.07) is 7.19. The van der Waals surface area contributed by atoms with Crippen molar-refractivity contribution >= 4 is 39.8 Å². The molecule has 1 heterocycles. The lowest BCUT2D eigenvalue weighted by Gasteiger charge is -2.09. The van der Waals surface area contributed by atoms with E-state index in [4.69, 9.17) is 11.6 Å². The van der Waals surface area contributed by atoms with Gasteiger partial charge in [0.15, 0.2) is 11.0 Å². The average molecular weight is 273 g/mol. The predicted octanol–water partition coefficient (Wildman–Crippen LogP) is 1.46. The van der Waals surface area contributed by atoms with Gasteiger partial charge in [0.05, 0.1) is 22.4 Å². The first-order chi connectivity index (χ1) is 8.16. The fourth-order valence-electron chi connectivity index (χ4n) is 1.24. The fourth-order valence-corrected chi connectivity index (χ4v) is 1.59. The smallest absolute Gasteiger partial charge is 0.172 e. The van der Waals surface area contributed by atoms with Crippen LogP contribution < -0.4 is 5.32 Å². The zero-order chi connectivity index (χ0) is 12.3. The van der Waals surface area contributed by atoms with Crippen LogP contribution in [-0.4, -0.2) is 25.5 Å². The highest BCUT2D eigenvalue weighted by Gasteiger charge is 2.05. The van der Waals surface area contributed by atoms with Gasteiger partial charge in [0, 0.05) is 0 Å². The number of nitrogens with one attached hydrogen (secondary N) is 1. The molecule has 17 heavy (non-hydrogen) atoms. The van der Waals surface area contributed by atoms with Crippen LogP contribution in [0.4, 0.5) is 5.82 Å². The molecule has 1 N–H and O–H groups in total. The van der Waals surface area contributed by atoms with Crippen molar-refractivity contribution in [3.8, 4) is 0 Å². The topological polar surface area (TPSA) is 87.2 Å². The molecule has 8 heteroatoms. The molecule has 0 fully saturated rings. The number of hydrogen-bond donors (Lipinski definition) is 1. The summed E-state index contributed by atoms with van der Waals surface area (Å²) in [4.78, 5) is 8.29. The van der Waals surface area contributed by atoms with Crippen molar-refractivity contribution in [3.63, 3.8) is 0 Å². The van der Waals surface area contributed by atoms with Crippen LogP contribution in [-0.2, 0) is 15.5 Å². The minimum Gasteiger partial charge on any atom is -0.750 e. The Morgan fingerprint density at radius 3 is 2.65 bits per heavy atom. The van der Waals surface area contributed by atoms with E-state index in [1.54, 1.807) is 12.1 Å². The molecular weight excluding hydrogens is 266 g/mol. The Hall–Kier alpha value is -1.28. The molecule has 6 nitrogen and oxygen atoms in total. The molecule has 2 rings (SSSR count). The van der Waals surface area contributed by atoms with Gasteiger partial charge in [-0.25, -0.2) is 14.2 Å². The number of nitrogens with zero attached hydrogens (tertiary/aromatic N) is 2. The Morgan fingerprint density at radius 2 is 2.00 bits per heavy atom. The quantitative estimate of drug-likeness (QED) is 0.670. The van der Waals surface area contributed by atoms with Crippen LogP contribution in [0.2, 0.25) is 5.15 Å². The second-order valence-corrected chi connectivity index (χ2v) is 4.00. The van der Waals surface area contributed by atoms with Gasteiger partial charge in [0.2, 0.25) is 0 Å². The minimum atomic E-state index is -2.58. The molecule has 0 saturated carbocycles. The highest BCUT2D eigenvalue weighted by atomic mass is 35.5. The first kappa shape index (κ1) is 12.2. The van der Waals surface area contributed by atoms with Gasteiger partial charge >= 0.3 is 0 Å². The number of rotatable bonds is 4. The van der Waals surface area contributed by atoms with E-state index in [1.165, 1.54) is 0 Å². The van der Waals surface area contributed by atoms with Crippen LogP contribution in [0.1, 0.15) is 0 Å². The van der Waals surface area contributed by atoms with E-state index in [1.807, 2.05) is 12.1 Å². The van der Waals surface area contributed by atoms with Crippen molar-refractivity contribution in [1.29, 1.82) is 0 Å². The Kier molecular flexibility index (Phi) is 3.85. The highest BCUT2D eigenvalue weighted by Crippen LogP contribution is 2.20. The maximum Gasteiger partial charge on any atom is 0.172 e. The van der Waals surface area contributed by atoms with Gasteiger partial charge in [-0.3, -0.25) is 4.18 Å². The van der Waals surface area contributed by atoms with Crippen molar-refractivity contribution in [2.75, 3.05) is 12.0 Å². The number of anilines is 1. The Balaban J connectivity index is 2.22. The number of para-hydroxylation sites is 2. The van der Waals surface area contributed by atoms with E-state index in [0.717, 1.165) is 0 Å². The molecular formula is C9H7ClN3O3S-. The number of fused-ring (bicyclic) bond motifs is 1. The van der Waals surface area contributed by atoms with Gasteiger partial charge < -0.3 is 9.87 Å². The van der Waals surface area contributed by atoms with Crippen molar-refractivity contribution < 1.29 is 12.9 Å². The monoisotopic (exact) mass is 272 g/mol. The van der Waals surface area contributed by atoms with Crippen LogP contribution in [0.25, 0.3) is 11.0 Å². The van der Waals surface area contributed by atoms with Crippen LogP contribution in [0.5, 0.6) is 0 Å². The first-order valence-corrected chi connectivity index (χ1v) is 5.93. The van der Waals surface area contributed by atoms with Gasteiger partial charge in [-0.15, -0.1) is 0 Å². The van der Waals surface area contributed by atoms with Crippen molar-refractivity contribution in [3.05, 3.63) is 29.4 Å². The summed E-state index contributed by atoms with van der Waals surface area (Å²) < 4.78 is 24.6. The molecule has 0 aliphatic rings. The predicted molar refractivity (Wildman–Crippen MR) is 63.0 cm³/mol. The number of benzene rings is 1. The molecule has 1 aromatic heterocycles. The summed E-state index contributed by atoms with van der Waals surface area (Å²) >= 11 is 3.30. The van der Waals surface area contributed by atoms with Crippen LogP contribution in [0.15, 0.2) is 24.3 Å². The molecule has 0 spiro atoms. The van der Waals surface area contributed by atoms with Crippen LogP contribution in [0.3, 0.4) is 0 Å². The number of halogens is 1. The molecule has 0 aliphatic heterocycles. The zero-order valence-electron chi connectivity index (χ0n) is 8.42. The normalized spacial score (nSPS) is 12.6. The molecule has 0 bridgehead atoms. The van der Waals surface area contributed by atoms with Crippen molar-refractivity contribution in [2.45, 2.75) is 0 Å². The van der Waals surface area contributed by atoms with E-state index in [0.29, 0.717) is 11.0 Å². The lowest BCUT2D eigenvalue weighted by molar-refractivity contribution is 0.322. The number of aromatic nitrogens is 2. The SMILES string of the molecule is O=S([O-])OCNc1nc2ccccc2nc1Cl. The standard InChI is InChI=1S/C9H8ClN3O3S/c10-8-9(11-5-16-17(14)15)13-7-4-2-1-3-6(7)12-8/h1-4H,5H2,(H,11,13)(H,14,15)/p-1. The lowest BCUT2D eigenvalue weighted by atomic mass is 10.3. The van der Waals surface area contributed by atoms with Crippen LogP contribution >= 0.6 is 11.6 Å². The van der Waals surface area contributed by atoms with Gasteiger partial charge in [0.1, 0.15) is 6.73 Å². The maximum absolute atomic E-state index is 10.2. The molecule has 1 atom stereocenters. The van der Waals surface area contributed by atoms with Gasteiger partial charge in [-0.2, -0.15) is 0 Å². The molecule has 2 aromatic rings.